The van der Waals surface area contributed by atoms with Gasteiger partial charge < -0.3 is 5.11 Å². The fourth-order valence-electron chi connectivity index (χ4n) is 1.78. The van der Waals surface area contributed by atoms with Crippen molar-refractivity contribution < 1.29 is 5.11 Å². The SMILES string of the molecule is CC1(C(O)c2cnccn2)CCCS1. The van der Waals surface area contributed by atoms with E-state index in [0.717, 1.165) is 12.2 Å². The molecule has 0 amide bonds. The number of nitrogens with zero attached hydrogens (tertiary/aromatic N) is 2. The maximum Gasteiger partial charge on any atom is 0.112 e. The van der Waals surface area contributed by atoms with Crippen LogP contribution >= 0.6 is 11.8 Å². The van der Waals surface area contributed by atoms with Gasteiger partial charge in [-0.15, -0.1) is 0 Å². The van der Waals surface area contributed by atoms with Gasteiger partial charge in [-0.3, -0.25) is 9.97 Å². The van der Waals surface area contributed by atoms with Crippen LogP contribution in [0.25, 0.3) is 0 Å². The maximum atomic E-state index is 10.2. The van der Waals surface area contributed by atoms with E-state index in [1.165, 1.54) is 6.42 Å². The predicted molar refractivity (Wildman–Crippen MR) is 57.1 cm³/mol. The summed E-state index contributed by atoms with van der Waals surface area (Å²) in [6.45, 7) is 2.10. The van der Waals surface area contributed by atoms with Gasteiger partial charge in [0.2, 0.25) is 0 Å². The third-order valence-corrected chi connectivity index (χ3v) is 4.27. The first-order chi connectivity index (χ1) is 6.72. The largest absolute Gasteiger partial charge is 0.385 e. The van der Waals surface area contributed by atoms with Gasteiger partial charge in [0.25, 0.3) is 0 Å². The second-order valence-corrected chi connectivity index (χ2v) is 5.43. The summed E-state index contributed by atoms with van der Waals surface area (Å²) >= 11 is 1.83. The molecule has 1 saturated heterocycles. The van der Waals surface area contributed by atoms with E-state index in [1.807, 2.05) is 11.8 Å². The summed E-state index contributed by atoms with van der Waals surface area (Å²) in [6.07, 6.45) is 6.63. The highest BCUT2D eigenvalue weighted by Gasteiger charge is 2.38. The van der Waals surface area contributed by atoms with E-state index in [4.69, 9.17) is 0 Å². The Labute approximate surface area is 88.0 Å². The van der Waals surface area contributed by atoms with E-state index < -0.39 is 6.10 Å². The Balaban J connectivity index is 2.19. The lowest BCUT2D eigenvalue weighted by molar-refractivity contribution is 0.130. The lowest BCUT2D eigenvalue weighted by atomic mass is 9.96. The number of thioether (sulfide) groups is 1. The van der Waals surface area contributed by atoms with Crippen LogP contribution in [-0.4, -0.2) is 25.6 Å². The van der Waals surface area contributed by atoms with Gasteiger partial charge in [0.15, 0.2) is 0 Å². The van der Waals surface area contributed by atoms with Crippen molar-refractivity contribution in [2.75, 3.05) is 5.75 Å². The van der Waals surface area contributed by atoms with Crippen LogP contribution < -0.4 is 0 Å². The zero-order valence-corrected chi connectivity index (χ0v) is 9.00. The molecule has 0 saturated carbocycles. The second kappa shape index (κ2) is 3.87. The summed E-state index contributed by atoms with van der Waals surface area (Å²) in [6, 6.07) is 0. The third-order valence-electron chi connectivity index (χ3n) is 2.69. The average molecular weight is 210 g/mol. The van der Waals surface area contributed by atoms with Crippen molar-refractivity contribution in [1.82, 2.24) is 9.97 Å². The Morgan fingerprint density at radius 1 is 1.57 bits per heavy atom. The monoisotopic (exact) mass is 210 g/mol. The fourth-order valence-corrected chi connectivity index (χ4v) is 3.10. The molecular weight excluding hydrogens is 196 g/mol. The van der Waals surface area contributed by atoms with Crippen LogP contribution in [0.2, 0.25) is 0 Å². The van der Waals surface area contributed by atoms with Crippen LogP contribution in [-0.2, 0) is 0 Å². The molecule has 14 heavy (non-hydrogen) atoms. The average Bonchev–Trinajstić information content (AvgIpc) is 2.67. The molecule has 1 fully saturated rings. The van der Waals surface area contributed by atoms with E-state index in [1.54, 1.807) is 18.6 Å². The maximum absolute atomic E-state index is 10.2. The van der Waals surface area contributed by atoms with E-state index in [9.17, 15) is 5.11 Å². The highest BCUT2D eigenvalue weighted by Crippen LogP contribution is 2.45. The first-order valence-electron chi connectivity index (χ1n) is 4.80. The fraction of sp³-hybridized carbons (Fsp3) is 0.600. The number of aliphatic hydroxyl groups excluding tert-OH is 1. The van der Waals surface area contributed by atoms with Gasteiger partial charge in [0.1, 0.15) is 6.10 Å². The molecule has 4 heteroatoms. The molecule has 1 aromatic rings. The standard InChI is InChI=1S/C10H14N2OS/c1-10(3-2-6-14-10)9(13)8-7-11-4-5-12-8/h4-5,7,9,13H,2-3,6H2,1H3. The quantitative estimate of drug-likeness (QED) is 0.808. The molecule has 1 aromatic heterocycles. The Morgan fingerprint density at radius 3 is 3.00 bits per heavy atom. The van der Waals surface area contributed by atoms with E-state index in [0.29, 0.717) is 5.69 Å². The first-order valence-corrected chi connectivity index (χ1v) is 5.79. The third kappa shape index (κ3) is 1.77. The van der Waals surface area contributed by atoms with Crippen LogP contribution in [0.4, 0.5) is 0 Å². The number of rotatable bonds is 2. The molecule has 2 rings (SSSR count). The van der Waals surface area contributed by atoms with Crippen molar-refractivity contribution in [3.63, 3.8) is 0 Å². The van der Waals surface area contributed by atoms with Gasteiger partial charge in [-0.2, -0.15) is 11.8 Å². The Kier molecular flexibility index (Phi) is 2.74. The van der Waals surface area contributed by atoms with E-state index in [-0.39, 0.29) is 4.75 Å². The molecular formula is C10H14N2OS. The summed E-state index contributed by atoms with van der Waals surface area (Å²) in [5, 5.41) is 10.2. The topological polar surface area (TPSA) is 46.0 Å². The van der Waals surface area contributed by atoms with Crippen molar-refractivity contribution in [1.29, 1.82) is 0 Å². The van der Waals surface area contributed by atoms with Gasteiger partial charge in [-0.25, -0.2) is 0 Å². The van der Waals surface area contributed by atoms with E-state index >= 15 is 0 Å². The molecule has 1 aliphatic heterocycles. The van der Waals surface area contributed by atoms with Crippen molar-refractivity contribution in [2.45, 2.75) is 30.6 Å². The van der Waals surface area contributed by atoms with Crippen molar-refractivity contribution in [3.05, 3.63) is 24.3 Å². The van der Waals surface area contributed by atoms with Crippen molar-refractivity contribution >= 4 is 11.8 Å². The molecule has 0 aromatic carbocycles. The van der Waals surface area contributed by atoms with Crippen LogP contribution in [0.15, 0.2) is 18.6 Å². The zero-order chi connectivity index (χ0) is 10.0. The molecule has 0 aliphatic carbocycles. The summed E-state index contributed by atoms with van der Waals surface area (Å²) < 4.78 is -0.0734. The van der Waals surface area contributed by atoms with Gasteiger partial charge in [0.05, 0.1) is 11.9 Å². The smallest absolute Gasteiger partial charge is 0.112 e. The van der Waals surface area contributed by atoms with Gasteiger partial charge in [-0.05, 0) is 25.5 Å². The van der Waals surface area contributed by atoms with Crippen molar-refractivity contribution in [2.24, 2.45) is 0 Å². The van der Waals surface area contributed by atoms with Crippen LogP contribution in [0.5, 0.6) is 0 Å². The summed E-state index contributed by atoms with van der Waals surface area (Å²) in [5.41, 5.74) is 0.685. The molecule has 76 valence electrons. The number of aliphatic hydroxyl groups is 1. The second-order valence-electron chi connectivity index (χ2n) is 3.80. The van der Waals surface area contributed by atoms with Crippen LogP contribution in [0.3, 0.4) is 0 Å². The molecule has 1 aliphatic rings. The number of hydrogen-bond acceptors (Lipinski definition) is 4. The minimum Gasteiger partial charge on any atom is -0.385 e. The molecule has 0 spiro atoms. The van der Waals surface area contributed by atoms with Crippen LogP contribution in [0, 0.1) is 0 Å². The van der Waals surface area contributed by atoms with Crippen LogP contribution in [0.1, 0.15) is 31.6 Å². The normalized spacial score (nSPS) is 29.0. The Morgan fingerprint density at radius 2 is 2.43 bits per heavy atom. The number of hydrogen-bond donors (Lipinski definition) is 1. The molecule has 2 heterocycles. The van der Waals surface area contributed by atoms with Gasteiger partial charge >= 0.3 is 0 Å². The molecule has 1 N–H and O–H groups in total. The highest BCUT2D eigenvalue weighted by molar-refractivity contribution is 8.00. The molecule has 2 atom stereocenters. The first kappa shape index (κ1) is 9.93. The lowest BCUT2D eigenvalue weighted by Gasteiger charge is -2.28. The minimum atomic E-state index is -0.497. The molecule has 0 bridgehead atoms. The molecule has 0 radical (unpaired) electrons. The Hall–Kier alpha value is -0.610. The molecule has 2 unspecified atom stereocenters. The number of aromatic nitrogens is 2. The summed E-state index contributed by atoms with van der Waals surface area (Å²) in [4.78, 5) is 8.12. The minimum absolute atomic E-state index is 0.0734. The predicted octanol–water partition coefficient (Wildman–Crippen LogP) is 1.80. The Bertz CT molecular complexity index is 298. The summed E-state index contributed by atoms with van der Waals surface area (Å²) in [5.74, 6) is 1.13. The highest BCUT2D eigenvalue weighted by atomic mass is 32.2. The zero-order valence-electron chi connectivity index (χ0n) is 8.18. The van der Waals surface area contributed by atoms with Gasteiger partial charge in [-0.1, -0.05) is 0 Å². The molecule has 3 nitrogen and oxygen atoms in total. The van der Waals surface area contributed by atoms with Crippen molar-refractivity contribution in [3.8, 4) is 0 Å². The van der Waals surface area contributed by atoms with E-state index in [2.05, 4.69) is 16.9 Å². The summed E-state index contributed by atoms with van der Waals surface area (Å²) in [7, 11) is 0. The lowest BCUT2D eigenvalue weighted by Crippen LogP contribution is -2.27. The van der Waals surface area contributed by atoms with Gasteiger partial charge in [0, 0.05) is 17.1 Å².